The zero-order valence-corrected chi connectivity index (χ0v) is 12.2. The summed E-state index contributed by atoms with van der Waals surface area (Å²) in [6, 6.07) is 7.72. The van der Waals surface area contributed by atoms with E-state index in [4.69, 9.17) is 10.8 Å². The molecule has 0 aromatic heterocycles. The van der Waals surface area contributed by atoms with Crippen LogP contribution >= 0.6 is 15.9 Å². The molecule has 0 saturated carbocycles. The molecule has 1 aromatic carbocycles. The van der Waals surface area contributed by atoms with Gasteiger partial charge in [-0.1, -0.05) is 46.3 Å². The number of hydrogen-bond donors (Lipinski definition) is 3. The van der Waals surface area contributed by atoms with Gasteiger partial charge in [-0.25, -0.2) is 4.79 Å². The minimum Gasteiger partial charge on any atom is -0.480 e. The second-order valence-electron chi connectivity index (χ2n) is 4.18. The van der Waals surface area contributed by atoms with Crippen LogP contribution in [0, 0.1) is 0 Å². The highest BCUT2D eigenvalue weighted by Crippen LogP contribution is 2.22. The van der Waals surface area contributed by atoms with E-state index >= 15 is 0 Å². The quantitative estimate of drug-likeness (QED) is 0.641. The molecule has 2 amide bonds. The van der Waals surface area contributed by atoms with Crippen LogP contribution in [0.5, 0.6) is 0 Å². The molecule has 0 bridgehead atoms. The molecule has 0 radical (unpaired) electrons. The lowest BCUT2D eigenvalue weighted by Gasteiger charge is -2.16. The van der Waals surface area contributed by atoms with E-state index in [0.29, 0.717) is 5.56 Å². The van der Waals surface area contributed by atoms with E-state index < -0.39 is 28.7 Å². The fraction of sp³-hybridized carbons (Fsp3) is 0.308. The average molecular weight is 343 g/mol. The van der Waals surface area contributed by atoms with Gasteiger partial charge in [0.15, 0.2) is 0 Å². The molecule has 0 fully saturated rings. The molecule has 7 heteroatoms. The first-order valence-electron chi connectivity index (χ1n) is 5.92. The fourth-order valence-electron chi connectivity index (χ4n) is 1.56. The molecular formula is C13H15BrN2O4. The van der Waals surface area contributed by atoms with Gasteiger partial charge in [0, 0.05) is 6.42 Å². The Morgan fingerprint density at radius 1 is 1.25 bits per heavy atom. The lowest BCUT2D eigenvalue weighted by Crippen LogP contribution is -2.42. The van der Waals surface area contributed by atoms with Gasteiger partial charge in [0.2, 0.25) is 11.8 Å². The molecule has 0 heterocycles. The largest absolute Gasteiger partial charge is 0.480 e. The summed E-state index contributed by atoms with van der Waals surface area (Å²) in [6.45, 7) is 0. The van der Waals surface area contributed by atoms with Crippen LogP contribution < -0.4 is 11.1 Å². The maximum Gasteiger partial charge on any atom is 0.326 e. The SMILES string of the molecule is NC(=O)CC[C@H](NC(=O)C(Br)c1ccccc1)C(=O)O. The standard InChI is InChI=1S/C13H15BrN2O4/c14-11(8-4-2-1-3-5-8)12(18)16-9(13(19)20)6-7-10(15)17/h1-5,9,11H,6-7H2,(H2,15,17)(H,16,18)(H,19,20)/t9-,11?/m0/s1. The zero-order valence-electron chi connectivity index (χ0n) is 10.6. The molecular weight excluding hydrogens is 328 g/mol. The number of rotatable bonds is 7. The first-order chi connectivity index (χ1) is 9.41. The summed E-state index contributed by atoms with van der Waals surface area (Å²) in [6.07, 6.45) is -0.138. The topological polar surface area (TPSA) is 109 Å². The lowest BCUT2D eigenvalue weighted by molar-refractivity contribution is -0.142. The Labute approximate surface area is 124 Å². The van der Waals surface area contributed by atoms with Crippen LogP contribution in [0.3, 0.4) is 0 Å². The predicted octanol–water partition coefficient (Wildman–Crippen LogP) is 0.957. The van der Waals surface area contributed by atoms with Gasteiger partial charge >= 0.3 is 5.97 Å². The van der Waals surface area contributed by atoms with Crippen molar-refractivity contribution < 1.29 is 19.5 Å². The molecule has 0 saturated heterocycles. The van der Waals surface area contributed by atoms with Gasteiger partial charge in [-0.15, -0.1) is 0 Å². The Morgan fingerprint density at radius 3 is 2.35 bits per heavy atom. The summed E-state index contributed by atoms with van der Waals surface area (Å²) < 4.78 is 0. The van der Waals surface area contributed by atoms with E-state index in [1.165, 1.54) is 0 Å². The third kappa shape index (κ3) is 5.00. The number of carbonyl (C=O) groups is 3. The second kappa shape index (κ2) is 7.64. The molecule has 1 unspecified atom stereocenters. The number of aliphatic carboxylic acids is 1. The van der Waals surface area contributed by atoms with Gasteiger partial charge in [0.1, 0.15) is 10.9 Å². The summed E-state index contributed by atoms with van der Waals surface area (Å²) in [5, 5.41) is 11.4. The van der Waals surface area contributed by atoms with Crippen molar-refractivity contribution >= 4 is 33.7 Å². The van der Waals surface area contributed by atoms with Crippen molar-refractivity contribution in [3.63, 3.8) is 0 Å². The number of amides is 2. The normalized spacial score (nSPS) is 13.2. The molecule has 20 heavy (non-hydrogen) atoms. The second-order valence-corrected chi connectivity index (χ2v) is 5.09. The highest BCUT2D eigenvalue weighted by molar-refractivity contribution is 9.09. The molecule has 6 nitrogen and oxygen atoms in total. The number of nitrogens with one attached hydrogen (secondary N) is 1. The van der Waals surface area contributed by atoms with E-state index in [1.807, 2.05) is 6.07 Å². The third-order valence-electron chi connectivity index (χ3n) is 2.62. The van der Waals surface area contributed by atoms with Crippen LogP contribution in [-0.4, -0.2) is 28.9 Å². The smallest absolute Gasteiger partial charge is 0.326 e. The first kappa shape index (κ1) is 16.2. The summed E-state index contributed by atoms with van der Waals surface area (Å²) in [5.41, 5.74) is 5.68. The van der Waals surface area contributed by atoms with Gasteiger partial charge in [-0.05, 0) is 12.0 Å². The van der Waals surface area contributed by atoms with Gasteiger partial charge in [0.05, 0.1) is 0 Å². The number of hydrogen-bond acceptors (Lipinski definition) is 3. The van der Waals surface area contributed by atoms with Crippen LogP contribution in [-0.2, 0) is 14.4 Å². The maximum absolute atomic E-state index is 12.0. The molecule has 4 N–H and O–H groups in total. The Bertz CT molecular complexity index is 492. The summed E-state index contributed by atoms with van der Waals surface area (Å²) in [5.74, 6) is -2.29. The van der Waals surface area contributed by atoms with E-state index in [0.717, 1.165) is 0 Å². The zero-order chi connectivity index (χ0) is 15.1. The van der Waals surface area contributed by atoms with Crippen molar-refractivity contribution in [3.8, 4) is 0 Å². The number of primary amides is 1. The predicted molar refractivity (Wildman–Crippen MR) is 76.1 cm³/mol. The third-order valence-corrected chi connectivity index (χ3v) is 3.56. The molecule has 1 rings (SSSR count). The van der Waals surface area contributed by atoms with E-state index in [9.17, 15) is 14.4 Å². The Kier molecular flexibility index (Phi) is 6.17. The number of carbonyl (C=O) groups excluding carboxylic acids is 2. The monoisotopic (exact) mass is 342 g/mol. The highest BCUT2D eigenvalue weighted by atomic mass is 79.9. The minimum atomic E-state index is -1.20. The minimum absolute atomic E-state index is 0.0368. The van der Waals surface area contributed by atoms with Crippen molar-refractivity contribution in [2.75, 3.05) is 0 Å². The van der Waals surface area contributed by atoms with Crippen molar-refractivity contribution in [3.05, 3.63) is 35.9 Å². The molecule has 2 atom stereocenters. The average Bonchev–Trinajstić information content (AvgIpc) is 2.42. The Morgan fingerprint density at radius 2 is 1.85 bits per heavy atom. The Hall–Kier alpha value is -1.89. The molecule has 0 aliphatic carbocycles. The van der Waals surface area contributed by atoms with Crippen molar-refractivity contribution in [1.82, 2.24) is 5.32 Å². The van der Waals surface area contributed by atoms with Gasteiger partial charge < -0.3 is 16.2 Å². The van der Waals surface area contributed by atoms with Crippen LogP contribution in [0.1, 0.15) is 23.2 Å². The van der Waals surface area contributed by atoms with Crippen molar-refractivity contribution in [2.45, 2.75) is 23.7 Å². The fourth-order valence-corrected chi connectivity index (χ4v) is 2.00. The number of halogens is 1. The van der Waals surface area contributed by atoms with Crippen LogP contribution in [0.25, 0.3) is 0 Å². The van der Waals surface area contributed by atoms with Crippen LogP contribution in [0.15, 0.2) is 30.3 Å². The summed E-state index contributed by atoms with van der Waals surface area (Å²) in [7, 11) is 0. The summed E-state index contributed by atoms with van der Waals surface area (Å²) in [4.78, 5) is 33.0. The first-order valence-corrected chi connectivity index (χ1v) is 6.84. The van der Waals surface area contributed by atoms with Crippen molar-refractivity contribution in [1.29, 1.82) is 0 Å². The molecule has 0 aliphatic rings. The van der Waals surface area contributed by atoms with E-state index in [-0.39, 0.29) is 12.8 Å². The highest BCUT2D eigenvalue weighted by Gasteiger charge is 2.24. The van der Waals surface area contributed by atoms with E-state index in [2.05, 4.69) is 21.2 Å². The van der Waals surface area contributed by atoms with Gasteiger partial charge in [-0.2, -0.15) is 0 Å². The molecule has 0 spiro atoms. The van der Waals surface area contributed by atoms with Crippen molar-refractivity contribution in [2.24, 2.45) is 5.73 Å². The maximum atomic E-state index is 12.0. The summed E-state index contributed by atoms with van der Waals surface area (Å²) >= 11 is 3.21. The molecule has 0 aliphatic heterocycles. The number of alkyl halides is 1. The van der Waals surface area contributed by atoms with Crippen LogP contribution in [0.4, 0.5) is 0 Å². The lowest BCUT2D eigenvalue weighted by atomic mass is 10.1. The number of nitrogens with two attached hydrogens (primary N) is 1. The number of carboxylic acid groups (broad SMARTS) is 1. The van der Waals surface area contributed by atoms with E-state index in [1.54, 1.807) is 24.3 Å². The van der Waals surface area contributed by atoms with Crippen LogP contribution in [0.2, 0.25) is 0 Å². The number of carboxylic acids is 1. The van der Waals surface area contributed by atoms with Gasteiger partial charge in [-0.3, -0.25) is 9.59 Å². The molecule has 108 valence electrons. The number of benzene rings is 1. The van der Waals surface area contributed by atoms with Gasteiger partial charge in [0.25, 0.3) is 0 Å². The molecule has 1 aromatic rings. The Balaban J connectivity index is 2.66.